The summed E-state index contributed by atoms with van der Waals surface area (Å²) in [4.78, 5) is 23.3. The molecule has 0 aromatic rings. The smallest absolute Gasteiger partial charge is 0.309 e. The molecule has 1 heterocycles. The highest BCUT2D eigenvalue weighted by Crippen LogP contribution is 2.60. The van der Waals surface area contributed by atoms with Crippen LogP contribution in [0.5, 0.6) is 0 Å². The van der Waals surface area contributed by atoms with Crippen molar-refractivity contribution in [3.05, 3.63) is 11.6 Å². The summed E-state index contributed by atoms with van der Waals surface area (Å²) in [5.41, 5.74) is 0.734. The lowest BCUT2D eigenvalue weighted by molar-refractivity contribution is -0.144. The Kier molecular flexibility index (Phi) is 2.45. The quantitative estimate of drug-likeness (QED) is 0.556. The first-order chi connectivity index (χ1) is 8.49. The van der Waals surface area contributed by atoms with Gasteiger partial charge >= 0.3 is 5.97 Å². The van der Waals surface area contributed by atoms with Gasteiger partial charge < -0.3 is 4.74 Å². The molecule has 0 aromatic carbocycles. The summed E-state index contributed by atoms with van der Waals surface area (Å²) in [7, 11) is 0. The van der Waals surface area contributed by atoms with Crippen LogP contribution >= 0.6 is 0 Å². The number of hydrogen-bond acceptors (Lipinski definition) is 3. The standard InChI is InChI=1S/C15H20O3/c1-8(2)12-11-6-15(3)9(7-16)4-5-10(15)13(12)14(17)18-11/h4,7-8,10-13H,5-6H2,1-3H3/t10-,11-,12-,13+,15-/m0/s1. The highest BCUT2D eigenvalue weighted by atomic mass is 16.6. The number of allylic oxidation sites excluding steroid dienone is 2. The number of carbonyl (C=O) groups is 2. The van der Waals surface area contributed by atoms with Crippen LogP contribution in [-0.4, -0.2) is 18.4 Å². The molecule has 1 aliphatic heterocycles. The van der Waals surface area contributed by atoms with Gasteiger partial charge in [-0.05, 0) is 30.3 Å². The number of aldehydes is 1. The summed E-state index contributed by atoms with van der Waals surface area (Å²) in [6.45, 7) is 6.46. The van der Waals surface area contributed by atoms with E-state index in [4.69, 9.17) is 4.74 Å². The predicted molar refractivity (Wildman–Crippen MR) is 66.7 cm³/mol. The maximum Gasteiger partial charge on any atom is 0.309 e. The molecule has 3 aliphatic rings. The minimum atomic E-state index is -0.144. The SMILES string of the molecule is CC(C)[C@@H]1[C@@H]2C(=O)O[C@H]1C[C@@]1(C)C(C=O)=CC[C@@H]21. The average molecular weight is 248 g/mol. The van der Waals surface area contributed by atoms with E-state index < -0.39 is 0 Å². The molecule has 0 radical (unpaired) electrons. The zero-order chi connectivity index (χ0) is 13.1. The van der Waals surface area contributed by atoms with E-state index >= 15 is 0 Å². The highest BCUT2D eigenvalue weighted by molar-refractivity contribution is 5.81. The molecule has 2 bridgehead atoms. The van der Waals surface area contributed by atoms with Crippen LogP contribution in [0.1, 0.15) is 33.6 Å². The van der Waals surface area contributed by atoms with Crippen LogP contribution in [0, 0.1) is 29.1 Å². The molecule has 1 saturated carbocycles. The molecule has 5 atom stereocenters. The van der Waals surface area contributed by atoms with Crippen molar-refractivity contribution in [3.63, 3.8) is 0 Å². The van der Waals surface area contributed by atoms with Gasteiger partial charge in [-0.15, -0.1) is 0 Å². The lowest BCUT2D eigenvalue weighted by Crippen LogP contribution is -2.45. The number of fused-ring (bicyclic) bond motifs is 4. The molecule has 0 amide bonds. The summed E-state index contributed by atoms with van der Waals surface area (Å²) in [5, 5.41) is 0. The van der Waals surface area contributed by atoms with Crippen LogP contribution in [0.25, 0.3) is 0 Å². The van der Waals surface area contributed by atoms with Gasteiger partial charge in [0.2, 0.25) is 0 Å². The first-order valence-electron chi connectivity index (χ1n) is 6.85. The molecule has 2 aliphatic carbocycles. The first kappa shape index (κ1) is 11.9. The Morgan fingerprint density at radius 3 is 2.83 bits per heavy atom. The number of carbonyl (C=O) groups excluding carboxylic acids is 2. The summed E-state index contributed by atoms with van der Waals surface area (Å²) < 4.78 is 5.57. The van der Waals surface area contributed by atoms with Gasteiger partial charge in [0.25, 0.3) is 0 Å². The molecule has 18 heavy (non-hydrogen) atoms. The maximum absolute atomic E-state index is 12.1. The summed E-state index contributed by atoms with van der Waals surface area (Å²) >= 11 is 0. The number of hydrogen-bond donors (Lipinski definition) is 0. The maximum atomic E-state index is 12.1. The lowest BCUT2D eigenvalue weighted by atomic mass is 9.57. The van der Waals surface area contributed by atoms with Crippen molar-refractivity contribution in [2.45, 2.75) is 39.7 Å². The van der Waals surface area contributed by atoms with Crippen molar-refractivity contribution in [2.75, 3.05) is 0 Å². The topological polar surface area (TPSA) is 43.4 Å². The fourth-order valence-electron chi connectivity index (χ4n) is 4.52. The minimum absolute atomic E-state index is 0.00481. The molecule has 98 valence electrons. The van der Waals surface area contributed by atoms with E-state index in [2.05, 4.69) is 20.8 Å². The Bertz CT molecular complexity index is 437. The molecule has 0 spiro atoms. The third-order valence-corrected chi connectivity index (χ3v) is 5.41. The molecular formula is C15H20O3. The van der Waals surface area contributed by atoms with Crippen LogP contribution in [-0.2, 0) is 14.3 Å². The van der Waals surface area contributed by atoms with Crippen molar-refractivity contribution in [1.29, 1.82) is 0 Å². The summed E-state index contributed by atoms with van der Waals surface area (Å²) in [5.74, 6) is 0.998. The zero-order valence-corrected chi connectivity index (χ0v) is 11.2. The van der Waals surface area contributed by atoms with Crippen molar-refractivity contribution >= 4 is 12.3 Å². The molecule has 3 nitrogen and oxygen atoms in total. The second kappa shape index (κ2) is 3.69. The van der Waals surface area contributed by atoms with Gasteiger partial charge in [-0.1, -0.05) is 26.8 Å². The Hall–Kier alpha value is -1.12. The number of ether oxygens (including phenoxy) is 1. The monoisotopic (exact) mass is 248 g/mol. The van der Waals surface area contributed by atoms with E-state index in [9.17, 15) is 9.59 Å². The van der Waals surface area contributed by atoms with Crippen LogP contribution < -0.4 is 0 Å². The van der Waals surface area contributed by atoms with E-state index in [1.165, 1.54) is 0 Å². The average Bonchev–Trinajstić information content (AvgIpc) is 2.74. The molecule has 3 rings (SSSR count). The van der Waals surface area contributed by atoms with Gasteiger partial charge in [0, 0.05) is 11.3 Å². The van der Waals surface area contributed by atoms with E-state index in [0.29, 0.717) is 11.8 Å². The van der Waals surface area contributed by atoms with E-state index in [1.807, 2.05) is 6.08 Å². The van der Waals surface area contributed by atoms with Crippen LogP contribution in [0.3, 0.4) is 0 Å². The fourth-order valence-corrected chi connectivity index (χ4v) is 4.52. The van der Waals surface area contributed by atoms with Crippen molar-refractivity contribution in [1.82, 2.24) is 0 Å². The van der Waals surface area contributed by atoms with Gasteiger partial charge in [-0.3, -0.25) is 9.59 Å². The second-order valence-corrected chi connectivity index (χ2v) is 6.56. The Morgan fingerprint density at radius 1 is 1.50 bits per heavy atom. The Balaban J connectivity index is 2.01. The normalized spacial score (nSPS) is 45.8. The van der Waals surface area contributed by atoms with Gasteiger partial charge in [0.05, 0.1) is 5.92 Å². The van der Waals surface area contributed by atoms with Crippen LogP contribution in [0.4, 0.5) is 0 Å². The fraction of sp³-hybridized carbons (Fsp3) is 0.733. The Morgan fingerprint density at radius 2 is 2.22 bits per heavy atom. The van der Waals surface area contributed by atoms with Gasteiger partial charge in [0.1, 0.15) is 12.4 Å². The van der Waals surface area contributed by atoms with Crippen molar-refractivity contribution < 1.29 is 14.3 Å². The van der Waals surface area contributed by atoms with Crippen molar-refractivity contribution in [2.24, 2.45) is 29.1 Å². The molecule has 0 aromatic heterocycles. The summed E-state index contributed by atoms with van der Waals surface area (Å²) in [6, 6.07) is 0. The first-order valence-corrected chi connectivity index (χ1v) is 6.85. The number of rotatable bonds is 2. The van der Waals surface area contributed by atoms with Crippen LogP contribution in [0.2, 0.25) is 0 Å². The third-order valence-electron chi connectivity index (χ3n) is 5.41. The molecule has 0 unspecified atom stereocenters. The third kappa shape index (κ3) is 1.30. The van der Waals surface area contributed by atoms with Crippen LogP contribution in [0.15, 0.2) is 11.6 Å². The predicted octanol–water partition coefficient (Wildman–Crippen LogP) is 2.36. The summed E-state index contributed by atoms with van der Waals surface area (Å²) in [6.07, 6.45) is 4.67. The molecular weight excluding hydrogens is 228 g/mol. The second-order valence-electron chi connectivity index (χ2n) is 6.56. The van der Waals surface area contributed by atoms with Gasteiger partial charge in [0.15, 0.2) is 0 Å². The highest BCUT2D eigenvalue weighted by Gasteiger charge is 2.62. The molecule has 3 heteroatoms. The minimum Gasteiger partial charge on any atom is -0.462 e. The zero-order valence-electron chi connectivity index (χ0n) is 11.2. The van der Waals surface area contributed by atoms with Crippen molar-refractivity contribution in [3.8, 4) is 0 Å². The molecule has 2 fully saturated rings. The number of esters is 1. The van der Waals surface area contributed by atoms with E-state index in [-0.39, 0.29) is 29.3 Å². The molecule has 1 saturated heterocycles. The largest absolute Gasteiger partial charge is 0.462 e. The van der Waals surface area contributed by atoms with Gasteiger partial charge in [-0.2, -0.15) is 0 Å². The lowest BCUT2D eigenvalue weighted by Gasteiger charge is -2.44. The van der Waals surface area contributed by atoms with E-state index in [1.54, 1.807) is 0 Å². The van der Waals surface area contributed by atoms with E-state index in [0.717, 1.165) is 24.7 Å². The molecule has 0 N–H and O–H groups in total. The Labute approximate surface area is 108 Å². The van der Waals surface area contributed by atoms with Gasteiger partial charge in [-0.25, -0.2) is 0 Å².